The highest BCUT2D eigenvalue weighted by molar-refractivity contribution is 5.72. The zero-order valence-electron chi connectivity index (χ0n) is 11.8. The Bertz CT molecular complexity index is 522. The van der Waals surface area contributed by atoms with E-state index in [1.165, 1.54) is 25.7 Å². The molecule has 1 fully saturated rings. The minimum Gasteiger partial charge on any atom is -0.441 e. The number of aromatic nitrogens is 1. The Morgan fingerprint density at radius 3 is 2.74 bits per heavy atom. The van der Waals surface area contributed by atoms with Crippen molar-refractivity contribution < 1.29 is 4.42 Å². The Labute approximate surface area is 114 Å². The third-order valence-corrected chi connectivity index (χ3v) is 4.65. The Morgan fingerprint density at radius 2 is 2.05 bits per heavy atom. The van der Waals surface area contributed by atoms with Crippen LogP contribution >= 0.6 is 0 Å². The predicted octanol–water partition coefficient (Wildman–Crippen LogP) is 3.54. The van der Waals surface area contributed by atoms with Crippen LogP contribution in [0.15, 0.2) is 28.7 Å². The van der Waals surface area contributed by atoms with E-state index in [-0.39, 0.29) is 0 Å². The molecule has 1 N–H and O–H groups in total. The molecule has 1 heterocycles. The zero-order chi connectivity index (χ0) is 13.3. The van der Waals surface area contributed by atoms with Crippen molar-refractivity contribution in [3.63, 3.8) is 0 Å². The van der Waals surface area contributed by atoms with Gasteiger partial charge in [0.15, 0.2) is 11.5 Å². The van der Waals surface area contributed by atoms with E-state index < -0.39 is 0 Å². The lowest BCUT2D eigenvalue weighted by Crippen LogP contribution is -2.41. The maximum Gasteiger partial charge on any atom is 0.197 e. The van der Waals surface area contributed by atoms with E-state index in [2.05, 4.69) is 24.3 Å². The van der Waals surface area contributed by atoms with E-state index >= 15 is 0 Å². The molecule has 3 rings (SSSR count). The van der Waals surface area contributed by atoms with Crippen molar-refractivity contribution in [1.82, 2.24) is 10.3 Å². The number of rotatable bonds is 4. The summed E-state index contributed by atoms with van der Waals surface area (Å²) in [6.07, 6.45) is 6.18. The number of likely N-dealkylation sites (N-methyl/N-ethyl adjacent to an activating group) is 1. The van der Waals surface area contributed by atoms with Crippen molar-refractivity contribution >= 4 is 11.1 Å². The molecule has 3 nitrogen and oxygen atoms in total. The largest absolute Gasteiger partial charge is 0.441 e. The summed E-state index contributed by atoms with van der Waals surface area (Å²) < 4.78 is 5.85. The van der Waals surface area contributed by atoms with Crippen LogP contribution in [0.1, 0.15) is 38.5 Å². The summed E-state index contributed by atoms with van der Waals surface area (Å²) in [6, 6.07) is 8.43. The molecular formula is C16H22N2O. The van der Waals surface area contributed by atoms with Gasteiger partial charge in [0.1, 0.15) is 5.52 Å². The lowest BCUT2D eigenvalue weighted by atomic mass is 9.79. The van der Waals surface area contributed by atoms with Crippen molar-refractivity contribution in [3.8, 4) is 0 Å². The second-order valence-corrected chi connectivity index (χ2v) is 5.98. The van der Waals surface area contributed by atoms with Gasteiger partial charge in [0.05, 0.1) is 0 Å². The number of fused-ring (bicyclic) bond motifs is 1. The maximum atomic E-state index is 5.85. The van der Waals surface area contributed by atoms with E-state index in [1.807, 2.05) is 24.3 Å². The highest BCUT2D eigenvalue weighted by Gasteiger charge is 2.36. The topological polar surface area (TPSA) is 38.1 Å². The molecule has 1 unspecified atom stereocenters. The standard InChI is InChI=1S/C16H22N2O/c1-16(9-5-6-10-16)14(17-2)11-15-18-12-7-3-4-8-13(12)19-15/h3-4,7-8,14,17H,5-6,9-11H2,1-2H3. The molecule has 0 radical (unpaired) electrons. The van der Waals surface area contributed by atoms with Gasteiger partial charge in [-0.25, -0.2) is 4.98 Å². The van der Waals surface area contributed by atoms with Gasteiger partial charge in [0.25, 0.3) is 0 Å². The normalized spacial score (nSPS) is 19.9. The van der Waals surface area contributed by atoms with Crippen LogP contribution in [0.3, 0.4) is 0 Å². The van der Waals surface area contributed by atoms with Gasteiger partial charge in [0, 0.05) is 12.5 Å². The van der Waals surface area contributed by atoms with Crippen LogP contribution in [-0.2, 0) is 6.42 Å². The number of benzene rings is 1. The highest BCUT2D eigenvalue weighted by atomic mass is 16.3. The number of para-hydroxylation sites is 2. The van der Waals surface area contributed by atoms with Gasteiger partial charge in [-0.1, -0.05) is 31.9 Å². The molecule has 19 heavy (non-hydrogen) atoms. The maximum absolute atomic E-state index is 5.85. The van der Waals surface area contributed by atoms with Crippen molar-refractivity contribution in [2.45, 2.75) is 45.1 Å². The Morgan fingerprint density at radius 1 is 1.32 bits per heavy atom. The number of hydrogen-bond acceptors (Lipinski definition) is 3. The Kier molecular flexibility index (Phi) is 3.31. The molecule has 1 saturated carbocycles. The summed E-state index contributed by atoms with van der Waals surface area (Å²) in [5, 5.41) is 3.48. The van der Waals surface area contributed by atoms with Crippen molar-refractivity contribution in [2.24, 2.45) is 5.41 Å². The molecule has 0 bridgehead atoms. The van der Waals surface area contributed by atoms with Crippen LogP contribution in [-0.4, -0.2) is 18.1 Å². The second kappa shape index (κ2) is 4.97. The monoisotopic (exact) mass is 258 g/mol. The molecule has 0 saturated heterocycles. The molecule has 1 aliphatic rings. The third kappa shape index (κ3) is 2.39. The molecule has 1 aromatic carbocycles. The van der Waals surface area contributed by atoms with E-state index in [9.17, 15) is 0 Å². The lowest BCUT2D eigenvalue weighted by molar-refractivity contribution is 0.220. The first-order valence-electron chi connectivity index (χ1n) is 7.23. The minimum absolute atomic E-state index is 0.384. The summed E-state index contributed by atoms with van der Waals surface area (Å²) in [4.78, 5) is 4.60. The quantitative estimate of drug-likeness (QED) is 0.911. The van der Waals surface area contributed by atoms with Crippen LogP contribution in [0.2, 0.25) is 0 Å². The molecule has 1 aromatic heterocycles. The van der Waals surface area contributed by atoms with E-state index in [4.69, 9.17) is 4.42 Å². The first-order chi connectivity index (χ1) is 9.21. The third-order valence-electron chi connectivity index (χ3n) is 4.65. The smallest absolute Gasteiger partial charge is 0.197 e. The summed E-state index contributed by atoms with van der Waals surface area (Å²) in [5.74, 6) is 0.855. The average Bonchev–Trinajstić information content (AvgIpc) is 3.02. The van der Waals surface area contributed by atoms with Crippen molar-refractivity contribution in [3.05, 3.63) is 30.2 Å². The summed E-state index contributed by atoms with van der Waals surface area (Å²) in [7, 11) is 2.05. The van der Waals surface area contributed by atoms with E-state index in [0.29, 0.717) is 11.5 Å². The van der Waals surface area contributed by atoms with Gasteiger partial charge < -0.3 is 9.73 Å². The van der Waals surface area contributed by atoms with Gasteiger partial charge in [-0.2, -0.15) is 0 Å². The van der Waals surface area contributed by atoms with Crippen LogP contribution < -0.4 is 5.32 Å². The SMILES string of the molecule is CNC(Cc1nc2ccccc2o1)C1(C)CCCC1. The van der Waals surface area contributed by atoms with Gasteiger partial charge in [-0.3, -0.25) is 0 Å². The van der Waals surface area contributed by atoms with Gasteiger partial charge in [0.2, 0.25) is 0 Å². The molecule has 0 spiro atoms. The summed E-state index contributed by atoms with van der Waals surface area (Å²) in [5.41, 5.74) is 2.24. The fraction of sp³-hybridized carbons (Fsp3) is 0.562. The molecule has 3 heteroatoms. The highest BCUT2D eigenvalue weighted by Crippen LogP contribution is 2.41. The summed E-state index contributed by atoms with van der Waals surface area (Å²) in [6.45, 7) is 2.39. The first kappa shape index (κ1) is 12.7. The first-order valence-corrected chi connectivity index (χ1v) is 7.23. The van der Waals surface area contributed by atoms with Crippen molar-refractivity contribution in [2.75, 3.05) is 7.05 Å². The Hall–Kier alpha value is -1.35. The van der Waals surface area contributed by atoms with E-state index in [1.54, 1.807) is 0 Å². The van der Waals surface area contributed by atoms with E-state index in [0.717, 1.165) is 23.4 Å². The fourth-order valence-electron chi connectivity index (χ4n) is 3.41. The predicted molar refractivity (Wildman–Crippen MR) is 77.1 cm³/mol. The second-order valence-electron chi connectivity index (χ2n) is 5.98. The van der Waals surface area contributed by atoms with Gasteiger partial charge in [-0.05, 0) is 37.4 Å². The number of hydrogen-bond donors (Lipinski definition) is 1. The molecule has 2 aromatic rings. The van der Waals surface area contributed by atoms with Gasteiger partial charge in [-0.15, -0.1) is 0 Å². The summed E-state index contributed by atoms with van der Waals surface area (Å²) >= 11 is 0. The molecule has 1 atom stereocenters. The molecule has 0 aliphatic heterocycles. The number of nitrogens with one attached hydrogen (secondary N) is 1. The van der Waals surface area contributed by atoms with Crippen LogP contribution in [0, 0.1) is 5.41 Å². The van der Waals surface area contributed by atoms with Crippen LogP contribution in [0.25, 0.3) is 11.1 Å². The lowest BCUT2D eigenvalue weighted by Gasteiger charge is -2.33. The molecular weight excluding hydrogens is 236 g/mol. The zero-order valence-corrected chi connectivity index (χ0v) is 11.8. The van der Waals surface area contributed by atoms with Gasteiger partial charge >= 0.3 is 0 Å². The molecule has 0 amide bonds. The van der Waals surface area contributed by atoms with Crippen LogP contribution in [0.4, 0.5) is 0 Å². The average molecular weight is 258 g/mol. The number of oxazole rings is 1. The molecule has 102 valence electrons. The van der Waals surface area contributed by atoms with Crippen molar-refractivity contribution in [1.29, 1.82) is 0 Å². The molecule has 1 aliphatic carbocycles. The minimum atomic E-state index is 0.384. The number of nitrogens with zero attached hydrogens (tertiary/aromatic N) is 1. The Balaban J connectivity index is 1.82. The van der Waals surface area contributed by atoms with Crippen LogP contribution in [0.5, 0.6) is 0 Å². The fourth-order valence-corrected chi connectivity index (χ4v) is 3.41.